The fourth-order valence-electron chi connectivity index (χ4n) is 1.55. The topological polar surface area (TPSA) is 111 Å². The highest BCUT2D eigenvalue weighted by molar-refractivity contribution is 5.89. The van der Waals surface area contributed by atoms with Gasteiger partial charge < -0.3 is 25.6 Å². The van der Waals surface area contributed by atoms with Crippen LogP contribution in [0.5, 0.6) is 5.75 Å². The number of carboxylic acid groups (broad SMARTS) is 1. The number of ether oxygens (including phenoxy) is 2. The number of carbonyl (C=O) groups excluding carboxylic acids is 1. The van der Waals surface area contributed by atoms with E-state index in [4.69, 9.17) is 20.3 Å². The standard InChI is InChI=1S/C15H22N2O5/c1-15(2,3)22-14(20)17-7-4-8-21-12-9-10(13(18)19)5-6-11(12)16/h5-6,9H,4,7-8,16H2,1-3H3,(H,17,20)(H,18,19). The van der Waals surface area contributed by atoms with Crippen molar-refractivity contribution in [2.75, 3.05) is 18.9 Å². The van der Waals surface area contributed by atoms with Gasteiger partial charge in [-0.15, -0.1) is 0 Å². The third-order valence-corrected chi connectivity index (χ3v) is 2.51. The van der Waals surface area contributed by atoms with Gasteiger partial charge in [-0.3, -0.25) is 0 Å². The number of rotatable bonds is 6. The first-order valence-corrected chi connectivity index (χ1v) is 6.91. The number of nitrogens with one attached hydrogen (secondary N) is 1. The van der Waals surface area contributed by atoms with E-state index in [-0.39, 0.29) is 5.56 Å². The van der Waals surface area contributed by atoms with E-state index >= 15 is 0 Å². The molecule has 0 saturated heterocycles. The second kappa shape index (κ2) is 7.53. The number of hydrogen-bond acceptors (Lipinski definition) is 5. The number of alkyl carbamates (subject to hydrolysis) is 1. The second-order valence-corrected chi connectivity index (χ2v) is 5.69. The predicted molar refractivity (Wildman–Crippen MR) is 82.2 cm³/mol. The fraction of sp³-hybridized carbons (Fsp3) is 0.467. The van der Waals surface area contributed by atoms with Crippen LogP contribution in [0.25, 0.3) is 0 Å². The monoisotopic (exact) mass is 310 g/mol. The highest BCUT2D eigenvalue weighted by Crippen LogP contribution is 2.22. The molecule has 0 radical (unpaired) electrons. The van der Waals surface area contributed by atoms with Crippen LogP contribution in [-0.4, -0.2) is 35.9 Å². The smallest absolute Gasteiger partial charge is 0.407 e. The molecule has 1 amide bonds. The van der Waals surface area contributed by atoms with E-state index in [2.05, 4.69) is 5.32 Å². The van der Waals surface area contributed by atoms with Crippen LogP contribution >= 0.6 is 0 Å². The zero-order valence-corrected chi connectivity index (χ0v) is 13.0. The van der Waals surface area contributed by atoms with Crippen molar-refractivity contribution < 1.29 is 24.2 Å². The molecule has 7 nitrogen and oxygen atoms in total. The van der Waals surface area contributed by atoms with E-state index in [0.717, 1.165) is 0 Å². The Morgan fingerprint density at radius 3 is 2.59 bits per heavy atom. The molecule has 1 rings (SSSR count). The van der Waals surface area contributed by atoms with Crippen molar-refractivity contribution in [3.8, 4) is 5.75 Å². The van der Waals surface area contributed by atoms with Gasteiger partial charge in [0.15, 0.2) is 0 Å². The molecule has 0 heterocycles. The van der Waals surface area contributed by atoms with Crippen LogP contribution in [0.2, 0.25) is 0 Å². The maximum absolute atomic E-state index is 11.4. The first-order chi connectivity index (χ1) is 10.2. The van der Waals surface area contributed by atoms with Gasteiger partial charge in [0.1, 0.15) is 11.4 Å². The summed E-state index contributed by atoms with van der Waals surface area (Å²) in [4.78, 5) is 22.3. The average molecular weight is 310 g/mol. The molecule has 7 heteroatoms. The molecule has 0 aliphatic carbocycles. The molecule has 0 saturated carbocycles. The summed E-state index contributed by atoms with van der Waals surface area (Å²) in [5, 5.41) is 11.5. The lowest BCUT2D eigenvalue weighted by atomic mass is 10.2. The summed E-state index contributed by atoms with van der Waals surface area (Å²) in [6.45, 7) is 6.03. The Kier molecular flexibility index (Phi) is 6.03. The van der Waals surface area contributed by atoms with E-state index < -0.39 is 17.7 Å². The Balaban J connectivity index is 2.35. The molecule has 0 fully saturated rings. The first kappa shape index (κ1) is 17.6. The average Bonchev–Trinajstić information content (AvgIpc) is 2.37. The molecule has 1 aromatic carbocycles. The van der Waals surface area contributed by atoms with E-state index in [9.17, 15) is 9.59 Å². The Hall–Kier alpha value is -2.44. The van der Waals surface area contributed by atoms with Gasteiger partial charge >= 0.3 is 12.1 Å². The number of nitrogens with two attached hydrogens (primary N) is 1. The van der Waals surface area contributed by atoms with E-state index in [1.165, 1.54) is 18.2 Å². The molecule has 1 aromatic rings. The third kappa shape index (κ3) is 6.34. The third-order valence-electron chi connectivity index (χ3n) is 2.51. The largest absolute Gasteiger partial charge is 0.491 e. The fourth-order valence-corrected chi connectivity index (χ4v) is 1.55. The molecule has 0 unspecified atom stereocenters. The summed E-state index contributed by atoms with van der Waals surface area (Å²) in [6, 6.07) is 4.27. The number of carbonyl (C=O) groups is 2. The maximum Gasteiger partial charge on any atom is 0.407 e. The molecule has 0 atom stereocenters. The van der Waals surface area contributed by atoms with Crippen LogP contribution in [-0.2, 0) is 4.74 Å². The summed E-state index contributed by atoms with van der Waals surface area (Å²) < 4.78 is 10.5. The van der Waals surface area contributed by atoms with Gasteiger partial charge in [0.2, 0.25) is 0 Å². The molecule has 0 aliphatic heterocycles. The van der Waals surface area contributed by atoms with Crippen molar-refractivity contribution in [3.05, 3.63) is 23.8 Å². The Morgan fingerprint density at radius 1 is 1.32 bits per heavy atom. The van der Waals surface area contributed by atoms with Crippen LogP contribution in [0.3, 0.4) is 0 Å². The van der Waals surface area contributed by atoms with Gasteiger partial charge in [0.25, 0.3) is 0 Å². The zero-order valence-electron chi connectivity index (χ0n) is 13.0. The Bertz CT molecular complexity index is 537. The molecule has 0 spiro atoms. The van der Waals surface area contributed by atoms with Gasteiger partial charge in [0, 0.05) is 6.54 Å². The number of aromatic carboxylic acids is 1. The number of amides is 1. The lowest BCUT2D eigenvalue weighted by molar-refractivity contribution is 0.0524. The predicted octanol–water partition coefficient (Wildman–Crippen LogP) is 2.26. The van der Waals surface area contributed by atoms with Gasteiger partial charge in [0.05, 0.1) is 17.9 Å². The van der Waals surface area contributed by atoms with Crippen molar-refractivity contribution in [3.63, 3.8) is 0 Å². The van der Waals surface area contributed by atoms with Crippen molar-refractivity contribution in [1.29, 1.82) is 0 Å². The zero-order chi connectivity index (χ0) is 16.8. The molecule has 22 heavy (non-hydrogen) atoms. The maximum atomic E-state index is 11.4. The lowest BCUT2D eigenvalue weighted by Crippen LogP contribution is -2.33. The van der Waals surface area contributed by atoms with Crippen LogP contribution in [0.1, 0.15) is 37.6 Å². The molecular formula is C15H22N2O5. The summed E-state index contributed by atoms with van der Waals surface area (Å²) in [7, 11) is 0. The number of hydrogen-bond donors (Lipinski definition) is 3. The van der Waals surface area contributed by atoms with Crippen molar-refractivity contribution in [2.45, 2.75) is 32.8 Å². The highest BCUT2D eigenvalue weighted by Gasteiger charge is 2.15. The van der Waals surface area contributed by atoms with Crippen LogP contribution in [0, 0.1) is 0 Å². The van der Waals surface area contributed by atoms with Gasteiger partial charge in [-0.25, -0.2) is 9.59 Å². The van der Waals surface area contributed by atoms with Crippen molar-refractivity contribution >= 4 is 17.7 Å². The first-order valence-electron chi connectivity index (χ1n) is 6.91. The number of benzene rings is 1. The molecule has 4 N–H and O–H groups in total. The molecule has 0 aliphatic rings. The quantitative estimate of drug-likeness (QED) is 0.549. The van der Waals surface area contributed by atoms with Gasteiger partial charge in [-0.05, 0) is 45.4 Å². The van der Waals surface area contributed by atoms with E-state index in [1.807, 2.05) is 0 Å². The summed E-state index contributed by atoms with van der Waals surface area (Å²) >= 11 is 0. The van der Waals surface area contributed by atoms with Crippen molar-refractivity contribution in [2.24, 2.45) is 0 Å². The second-order valence-electron chi connectivity index (χ2n) is 5.69. The SMILES string of the molecule is CC(C)(C)OC(=O)NCCCOc1cc(C(=O)O)ccc1N. The number of nitrogen functional groups attached to an aromatic ring is 1. The van der Waals surface area contributed by atoms with Crippen LogP contribution in [0.15, 0.2) is 18.2 Å². The van der Waals surface area contributed by atoms with Gasteiger partial charge in [-0.2, -0.15) is 0 Å². The van der Waals surface area contributed by atoms with Crippen LogP contribution in [0.4, 0.5) is 10.5 Å². The summed E-state index contributed by atoms with van der Waals surface area (Å²) in [5.74, 6) is -0.728. The minimum Gasteiger partial charge on any atom is -0.491 e. The molecule has 0 bridgehead atoms. The highest BCUT2D eigenvalue weighted by atomic mass is 16.6. The molecular weight excluding hydrogens is 288 g/mol. The lowest BCUT2D eigenvalue weighted by Gasteiger charge is -2.19. The Labute approximate surface area is 129 Å². The molecule has 0 aromatic heterocycles. The van der Waals surface area contributed by atoms with Crippen molar-refractivity contribution in [1.82, 2.24) is 5.32 Å². The summed E-state index contributed by atoms with van der Waals surface area (Å²) in [6.07, 6.45) is 0.0515. The molecule has 122 valence electrons. The Morgan fingerprint density at radius 2 is 2.00 bits per heavy atom. The number of anilines is 1. The van der Waals surface area contributed by atoms with Gasteiger partial charge in [-0.1, -0.05) is 0 Å². The minimum atomic E-state index is -1.04. The van der Waals surface area contributed by atoms with Crippen LogP contribution < -0.4 is 15.8 Å². The normalized spacial score (nSPS) is 10.9. The van der Waals surface area contributed by atoms with E-state index in [1.54, 1.807) is 20.8 Å². The van der Waals surface area contributed by atoms with E-state index in [0.29, 0.717) is 31.0 Å². The number of carboxylic acids is 1. The summed E-state index contributed by atoms with van der Waals surface area (Å²) in [5.41, 5.74) is 5.65. The minimum absolute atomic E-state index is 0.107.